The molecule has 142 valence electrons. The second-order valence-electron chi connectivity index (χ2n) is 5.69. The normalized spacial score (nSPS) is 13.5. The number of nitrogens with zero attached hydrogens (tertiary/aromatic N) is 1. The van der Waals surface area contributed by atoms with Gasteiger partial charge in [-0.05, 0) is 38.0 Å². The molecule has 1 atom stereocenters. The van der Waals surface area contributed by atoms with Crippen molar-refractivity contribution in [2.24, 2.45) is 4.99 Å². The molecule has 1 aromatic carbocycles. The highest BCUT2D eigenvalue weighted by atomic mass is 32.2. The summed E-state index contributed by atoms with van der Waals surface area (Å²) < 4.78 is 31.9. The number of ether oxygens (including phenoxy) is 1. The molecule has 8 heteroatoms. The van der Waals surface area contributed by atoms with Gasteiger partial charge in [0, 0.05) is 26.2 Å². The number of nitrogens with one attached hydrogen (secondary N) is 3. The Labute approximate surface area is 151 Å². The van der Waals surface area contributed by atoms with Gasteiger partial charge in [-0.3, -0.25) is 0 Å². The van der Waals surface area contributed by atoms with E-state index in [4.69, 9.17) is 4.74 Å². The van der Waals surface area contributed by atoms with Gasteiger partial charge in [0.05, 0.1) is 18.0 Å². The van der Waals surface area contributed by atoms with E-state index >= 15 is 0 Å². The van der Waals surface area contributed by atoms with Crippen molar-refractivity contribution in [3.63, 3.8) is 0 Å². The summed E-state index contributed by atoms with van der Waals surface area (Å²) >= 11 is 0. The Morgan fingerprint density at radius 1 is 1.32 bits per heavy atom. The second-order valence-corrected chi connectivity index (χ2v) is 7.45. The van der Waals surface area contributed by atoms with E-state index in [1.807, 2.05) is 13.0 Å². The third-order valence-electron chi connectivity index (χ3n) is 3.57. The molecule has 0 saturated heterocycles. The zero-order chi connectivity index (χ0) is 18.7. The number of benzene rings is 1. The number of guanidine groups is 1. The largest absolute Gasteiger partial charge is 0.383 e. The Bertz CT molecular complexity index is 647. The van der Waals surface area contributed by atoms with Crippen molar-refractivity contribution in [3.05, 3.63) is 29.8 Å². The van der Waals surface area contributed by atoms with Gasteiger partial charge in [0.1, 0.15) is 0 Å². The van der Waals surface area contributed by atoms with Crippen molar-refractivity contribution in [2.75, 3.05) is 26.8 Å². The molecular formula is C17H30N4O3S. The Morgan fingerprint density at radius 3 is 2.72 bits per heavy atom. The first-order chi connectivity index (χ1) is 11.9. The van der Waals surface area contributed by atoms with Crippen molar-refractivity contribution in [1.29, 1.82) is 0 Å². The quantitative estimate of drug-likeness (QED) is 0.329. The second kappa shape index (κ2) is 11.1. The summed E-state index contributed by atoms with van der Waals surface area (Å²) in [5.74, 6) is 0.725. The van der Waals surface area contributed by atoms with E-state index in [2.05, 4.69) is 34.2 Å². The third kappa shape index (κ3) is 7.85. The number of hydrogen-bond acceptors (Lipinski definition) is 4. The summed E-state index contributed by atoms with van der Waals surface area (Å²) in [5, 5.41) is 6.50. The number of hydrogen-bond donors (Lipinski definition) is 3. The van der Waals surface area contributed by atoms with Crippen LogP contribution in [0, 0.1) is 0 Å². The molecule has 25 heavy (non-hydrogen) atoms. The maximum Gasteiger partial charge on any atom is 0.240 e. The number of rotatable bonds is 10. The van der Waals surface area contributed by atoms with Crippen molar-refractivity contribution >= 4 is 16.0 Å². The maximum absolute atomic E-state index is 12.3. The highest BCUT2D eigenvalue weighted by Gasteiger charge is 2.13. The number of methoxy groups -OCH3 is 1. The van der Waals surface area contributed by atoms with Gasteiger partial charge in [0.25, 0.3) is 0 Å². The smallest absolute Gasteiger partial charge is 0.240 e. The molecular weight excluding hydrogens is 340 g/mol. The molecule has 1 rings (SSSR count). The van der Waals surface area contributed by atoms with Crippen LogP contribution < -0.4 is 15.4 Å². The molecule has 1 unspecified atom stereocenters. The van der Waals surface area contributed by atoms with Crippen molar-refractivity contribution in [3.8, 4) is 0 Å². The van der Waals surface area contributed by atoms with E-state index in [9.17, 15) is 8.42 Å². The molecule has 0 heterocycles. The minimum absolute atomic E-state index is 0.233. The van der Waals surface area contributed by atoms with Gasteiger partial charge in [-0.1, -0.05) is 19.1 Å². The Balaban J connectivity index is 2.84. The molecule has 0 spiro atoms. The lowest BCUT2D eigenvalue weighted by molar-refractivity contribution is 0.204. The van der Waals surface area contributed by atoms with Crippen LogP contribution in [0.5, 0.6) is 0 Å². The zero-order valence-corrected chi connectivity index (χ0v) is 16.3. The Kier molecular flexibility index (Phi) is 9.48. The number of sulfonamides is 1. The van der Waals surface area contributed by atoms with E-state index in [0.29, 0.717) is 19.2 Å². The fourth-order valence-corrected chi connectivity index (χ4v) is 3.08. The average molecular weight is 371 g/mol. The van der Waals surface area contributed by atoms with Gasteiger partial charge in [0.15, 0.2) is 5.96 Å². The van der Waals surface area contributed by atoms with Gasteiger partial charge in [-0.2, -0.15) is 0 Å². The van der Waals surface area contributed by atoms with E-state index < -0.39 is 10.0 Å². The summed E-state index contributed by atoms with van der Waals surface area (Å²) in [6.45, 7) is 7.93. The van der Waals surface area contributed by atoms with Gasteiger partial charge in [0.2, 0.25) is 10.0 Å². The summed E-state index contributed by atoms with van der Waals surface area (Å²) in [6, 6.07) is 7.13. The van der Waals surface area contributed by atoms with Crippen molar-refractivity contribution in [1.82, 2.24) is 15.4 Å². The summed E-state index contributed by atoms with van der Waals surface area (Å²) in [7, 11) is -2.01. The molecule has 3 N–H and O–H groups in total. The SMILES string of the molecule is CCNC(=NCc1cccc(S(=O)(=O)NCCOC)c1)NC(C)CC. The van der Waals surface area contributed by atoms with Crippen molar-refractivity contribution in [2.45, 2.75) is 44.7 Å². The van der Waals surface area contributed by atoms with Crippen LogP contribution in [0.4, 0.5) is 0 Å². The fourth-order valence-electron chi connectivity index (χ4n) is 2.00. The third-order valence-corrected chi connectivity index (χ3v) is 5.03. The summed E-state index contributed by atoms with van der Waals surface area (Å²) in [4.78, 5) is 4.76. The maximum atomic E-state index is 12.3. The van der Waals surface area contributed by atoms with Crippen LogP contribution in [-0.2, 0) is 21.3 Å². The number of aliphatic imine (C=N–C) groups is 1. The molecule has 0 radical (unpaired) electrons. The van der Waals surface area contributed by atoms with E-state index in [1.54, 1.807) is 18.2 Å². The van der Waals surface area contributed by atoms with E-state index in [1.165, 1.54) is 7.11 Å². The Morgan fingerprint density at radius 2 is 2.08 bits per heavy atom. The van der Waals surface area contributed by atoms with Crippen LogP contribution in [0.1, 0.15) is 32.8 Å². The molecule has 1 aromatic rings. The lowest BCUT2D eigenvalue weighted by Gasteiger charge is -2.16. The van der Waals surface area contributed by atoms with Crippen LogP contribution >= 0.6 is 0 Å². The van der Waals surface area contributed by atoms with Crippen LogP contribution in [0.2, 0.25) is 0 Å². The van der Waals surface area contributed by atoms with Gasteiger partial charge in [-0.15, -0.1) is 0 Å². The fraction of sp³-hybridized carbons (Fsp3) is 0.588. The molecule has 0 amide bonds. The van der Waals surface area contributed by atoms with Crippen LogP contribution in [0.25, 0.3) is 0 Å². The van der Waals surface area contributed by atoms with E-state index in [0.717, 1.165) is 24.5 Å². The zero-order valence-electron chi connectivity index (χ0n) is 15.5. The first-order valence-corrected chi connectivity index (χ1v) is 10.0. The lowest BCUT2D eigenvalue weighted by Crippen LogP contribution is -2.41. The molecule has 0 aromatic heterocycles. The Hall–Kier alpha value is -1.64. The molecule has 0 aliphatic rings. The molecule has 0 aliphatic heterocycles. The van der Waals surface area contributed by atoms with Gasteiger partial charge < -0.3 is 15.4 Å². The van der Waals surface area contributed by atoms with Gasteiger partial charge >= 0.3 is 0 Å². The van der Waals surface area contributed by atoms with Crippen molar-refractivity contribution < 1.29 is 13.2 Å². The molecule has 0 fully saturated rings. The standard InChI is InChI=1S/C17H30N4O3S/c1-5-14(3)21-17(18-6-2)19-13-15-8-7-9-16(12-15)25(22,23)20-10-11-24-4/h7-9,12,14,20H,5-6,10-11,13H2,1-4H3,(H2,18,19,21). The molecule has 0 bridgehead atoms. The van der Waals surface area contributed by atoms with Crippen LogP contribution in [0.15, 0.2) is 34.2 Å². The topological polar surface area (TPSA) is 91.8 Å². The summed E-state index contributed by atoms with van der Waals surface area (Å²) in [5.41, 5.74) is 0.830. The summed E-state index contributed by atoms with van der Waals surface area (Å²) in [6.07, 6.45) is 0.991. The molecule has 7 nitrogen and oxygen atoms in total. The first-order valence-electron chi connectivity index (χ1n) is 8.55. The lowest BCUT2D eigenvalue weighted by atomic mass is 10.2. The highest BCUT2D eigenvalue weighted by Crippen LogP contribution is 2.12. The minimum atomic E-state index is -3.54. The highest BCUT2D eigenvalue weighted by molar-refractivity contribution is 7.89. The molecule has 0 aliphatic carbocycles. The average Bonchev–Trinajstić information content (AvgIpc) is 2.60. The first kappa shape index (κ1) is 21.4. The minimum Gasteiger partial charge on any atom is -0.383 e. The molecule has 0 saturated carbocycles. The predicted molar refractivity (Wildman–Crippen MR) is 101 cm³/mol. The van der Waals surface area contributed by atoms with Crippen LogP contribution in [0.3, 0.4) is 0 Å². The van der Waals surface area contributed by atoms with Gasteiger partial charge in [-0.25, -0.2) is 18.1 Å². The van der Waals surface area contributed by atoms with E-state index in [-0.39, 0.29) is 11.4 Å². The monoisotopic (exact) mass is 370 g/mol. The predicted octanol–water partition coefficient (Wildman–Crippen LogP) is 1.46. The van der Waals surface area contributed by atoms with Crippen LogP contribution in [-0.4, -0.2) is 47.2 Å².